The average molecular weight is 369 g/mol. The maximum atomic E-state index is 12.1. The van der Waals surface area contributed by atoms with E-state index < -0.39 is 0 Å². The molecule has 5 nitrogen and oxygen atoms in total. The molecule has 144 valence electrons. The first-order valence-electron chi connectivity index (χ1n) is 9.35. The van der Waals surface area contributed by atoms with Crippen LogP contribution in [0.4, 0.5) is 5.69 Å². The van der Waals surface area contributed by atoms with E-state index in [1.54, 1.807) is 24.3 Å². The highest BCUT2D eigenvalue weighted by Gasteiger charge is 2.09. The van der Waals surface area contributed by atoms with Crippen LogP contribution in [0.2, 0.25) is 0 Å². The van der Waals surface area contributed by atoms with E-state index in [0.717, 1.165) is 24.2 Å². The van der Waals surface area contributed by atoms with Crippen LogP contribution in [0.25, 0.3) is 0 Å². The van der Waals surface area contributed by atoms with E-state index in [9.17, 15) is 9.59 Å². The highest BCUT2D eigenvalue weighted by molar-refractivity contribution is 5.94. The Labute approximate surface area is 160 Å². The van der Waals surface area contributed by atoms with Gasteiger partial charge in [0.2, 0.25) is 5.91 Å². The van der Waals surface area contributed by atoms with Crippen molar-refractivity contribution in [3.8, 4) is 5.75 Å². The fourth-order valence-electron chi connectivity index (χ4n) is 2.47. The smallest absolute Gasteiger partial charge is 0.338 e. The van der Waals surface area contributed by atoms with Gasteiger partial charge in [0.15, 0.2) is 0 Å². The Morgan fingerprint density at radius 1 is 1.00 bits per heavy atom. The summed E-state index contributed by atoms with van der Waals surface area (Å²) in [4.78, 5) is 24.1. The number of nitrogens with one attached hydrogen (secondary N) is 1. The molecule has 0 saturated carbocycles. The van der Waals surface area contributed by atoms with E-state index in [1.807, 2.05) is 38.1 Å². The van der Waals surface area contributed by atoms with Crippen molar-refractivity contribution < 1.29 is 19.1 Å². The first-order chi connectivity index (χ1) is 13.1. The van der Waals surface area contributed by atoms with Gasteiger partial charge >= 0.3 is 5.97 Å². The van der Waals surface area contributed by atoms with Crippen molar-refractivity contribution in [2.45, 2.75) is 39.5 Å². The van der Waals surface area contributed by atoms with Crippen molar-refractivity contribution in [3.63, 3.8) is 0 Å². The second-order valence-corrected chi connectivity index (χ2v) is 6.39. The van der Waals surface area contributed by atoms with Crippen LogP contribution in [0.5, 0.6) is 5.75 Å². The lowest BCUT2D eigenvalue weighted by Crippen LogP contribution is -2.13. The number of rotatable bonds is 10. The lowest BCUT2D eigenvalue weighted by molar-refractivity contribution is -0.116. The van der Waals surface area contributed by atoms with E-state index in [4.69, 9.17) is 9.47 Å². The highest BCUT2D eigenvalue weighted by atomic mass is 16.5. The summed E-state index contributed by atoms with van der Waals surface area (Å²) in [6.07, 6.45) is 2.76. The predicted molar refractivity (Wildman–Crippen MR) is 106 cm³/mol. The molecule has 5 heteroatoms. The maximum absolute atomic E-state index is 12.1. The van der Waals surface area contributed by atoms with E-state index in [-0.39, 0.29) is 11.9 Å². The lowest BCUT2D eigenvalue weighted by atomic mass is 10.2. The fraction of sp³-hybridized carbons (Fsp3) is 0.364. The largest absolute Gasteiger partial charge is 0.494 e. The molecule has 0 aliphatic carbocycles. The first kappa shape index (κ1) is 20.5. The van der Waals surface area contributed by atoms with Crippen molar-refractivity contribution in [1.82, 2.24) is 0 Å². The highest BCUT2D eigenvalue weighted by Crippen LogP contribution is 2.14. The Morgan fingerprint density at radius 3 is 2.59 bits per heavy atom. The van der Waals surface area contributed by atoms with E-state index >= 15 is 0 Å². The van der Waals surface area contributed by atoms with Crippen molar-refractivity contribution in [3.05, 3.63) is 59.7 Å². The third-order valence-electron chi connectivity index (χ3n) is 3.92. The normalized spacial score (nSPS) is 10.3. The zero-order chi connectivity index (χ0) is 19.5. The van der Waals surface area contributed by atoms with Gasteiger partial charge in [-0.2, -0.15) is 0 Å². The van der Waals surface area contributed by atoms with Gasteiger partial charge in [-0.3, -0.25) is 4.79 Å². The summed E-state index contributed by atoms with van der Waals surface area (Å²) in [5, 5.41) is 2.81. The number of amides is 1. The minimum absolute atomic E-state index is 0.112. The Bertz CT molecular complexity index is 757. The molecule has 0 fully saturated rings. The van der Waals surface area contributed by atoms with Crippen LogP contribution in [0, 0.1) is 6.92 Å². The van der Waals surface area contributed by atoms with Gasteiger partial charge in [-0.1, -0.05) is 31.5 Å². The summed E-state index contributed by atoms with van der Waals surface area (Å²) in [5.41, 5.74) is 2.16. The quantitative estimate of drug-likeness (QED) is 0.485. The van der Waals surface area contributed by atoms with Crippen molar-refractivity contribution in [1.29, 1.82) is 0 Å². The number of aryl methyl sites for hydroxylation is 1. The molecule has 0 atom stereocenters. The third kappa shape index (κ3) is 7.52. The molecule has 1 amide bonds. The molecule has 2 rings (SSSR count). The van der Waals surface area contributed by atoms with Crippen molar-refractivity contribution in [2.75, 3.05) is 18.5 Å². The van der Waals surface area contributed by atoms with Gasteiger partial charge in [0.05, 0.1) is 18.8 Å². The number of carbonyl (C=O) groups excluding carboxylic acids is 2. The van der Waals surface area contributed by atoms with Crippen LogP contribution in [-0.2, 0) is 9.53 Å². The van der Waals surface area contributed by atoms with Crippen LogP contribution >= 0.6 is 0 Å². The second kappa shape index (κ2) is 11.0. The fourth-order valence-corrected chi connectivity index (χ4v) is 2.47. The van der Waals surface area contributed by atoms with Gasteiger partial charge in [0.1, 0.15) is 5.75 Å². The molecule has 27 heavy (non-hydrogen) atoms. The van der Waals surface area contributed by atoms with Crippen LogP contribution in [0.3, 0.4) is 0 Å². The number of benzene rings is 2. The first-order valence-corrected chi connectivity index (χ1v) is 9.35. The molecule has 0 heterocycles. The molecule has 0 radical (unpaired) electrons. The monoisotopic (exact) mass is 369 g/mol. The lowest BCUT2D eigenvalue weighted by Gasteiger charge is -2.09. The van der Waals surface area contributed by atoms with E-state index in [0.29, 0.717) is 37.3 Å². The number of esters is 1. The summed E-state index contributed by atoms with van der Waals surface area (Å²) in [6, 6.07) is 14.6. The SMILES string of the molecule is CCCCOC(=O)c1cccc(NC(=O)CCCOc2cccc(C)c2)c1. The Balaban J connectivity index is 1.75. The van der Waals surface area contributed by atoms with E-state index in [1.165, 1.54) is 0 Å². The van der Waals surface area contributed by atoms with Crippen molar-refractivity contribution in [2.24, 2.45) is 0 Å². The van der Waals surface area contributed by atoms with Gasteiger partial charge in [-0.25, -0.2) is 4.79 Å². The third-order valence-corrected chi connectivity index (χ3v) is 3.92. The Kier molecular flexibility index (Phi) is 8.36. The topological polar surface area (TPSA) is 64.6 Å². The van der Waals surface area contributed by atoms with Crippen molar-refractivity contribution >= 4 is 17.6 Å². The van der Waals surface area contributed by atoms with Crippen LogP contribution in [-0.4, -0.2) is 25.1 Å². The zero-order valence-electron chi connectivity index (χ0n) is 16.0. The average Bonchev–Trinajstić information content (AvgIpc) is 2.66. The summed E-state index contributed by atoms with van der Waals surface area (Å²) < 4.78 is 10.8. The molecule has 2 aromatic rings. The number of hydrogen-bond donors (Lipinski definition) is 1. The molecule has 0 aliphatic rings. The van der Waals surface area contributed by atoms with Gasteiger partial charge in [0.25, 0.3) is 0 Å². The maximum Gasteiger partial charge on any atom is 0.338 e. The number of anilines is 1. The van der Waals surface area contributed by atoms with Crippen LogP contribution < -0.4 is 10.1 Å². The minimum atomic E-state index is -0.369. The molecule has 0 aromatic heterocycles. The van der Waals surface area contributed by atoms with Gasteiger partial charge < -0.3 is 14.8 Å². The molecule has 0 unspecified atom stereocenters. The molecule has 0 bridgehead atoms. The Hall–Kier alpha value is -2.82. The minimum Gasteiger partial charge on any atom is -0.494 e. The summed E-state index contributed by atoms with van der Waals surface area (Å²) in [6.45, 7) is 4.93. The van der Waals surface area contributed by atoms with Crippen LogP contribution in [0.15, 0.2) is 48.5 Å². The van der Waals surface area contributed by atoms with Gasteiger partial charge in [0, 0.05) is 12.1 Å². The zero-order valence-corrected chi connectivity index (χ0v) is 16.0. The van der Waals surface area contributed by atoms with Gasteiger partial charge in [-0.15, -0.1) is 0 Å². The van der Waals surface area contributed by atoms with Crippen LogP contribution in [0.1, 0.15) is 48.5 Å². The second-order valence-electron chi connectivity index (χ2n) is 6.39. The standard InChI is InChI=1S/C22H27NO4/c1-3-4-13-27-22(25)18-9-6-10-19(16-18)23-21(24)12-7-14-26-20-11-5-8-17(2)15-20/h5-6,8-11,15-16H,3-4,7,12-14H2,1-2H3,(H,23,24). The molecule has 2 aromatic carbocycles. The molecule has 0 spiro atoms. The number of unbranched alkanes of at least 4 members (excludes halogenated alkanes) is 1. The molecule has 1 N–H and O–H groups in total. The molecule has 0 aliphatic heterocycles. The summed E-state index contributed by atoms with van der Waals surface area (Å²) in [7, 11) is 0. The molecular formula is C22H27NO4. The molecular weight excluding hydrogens is 342 g/mol. The Morgan fingerprint density at radius 2 is 1.81 bits per heavy atom. The predicted octanol–water partition coefficient (Wildman–Crippen LogP) is 4.75. The number of hydrogen-bond acceptors (Lipinski definition) is 4. The summed E-state index contributed by atoms with van der Waals surface area (Å²) in [5.74, 6) is 0.329. The summed E-state index contributed by atoms with van der Waals surface area (Å²) >= 11 is 0. The number of ether oxygens (including phenoxy) is 2. The molecule has 0 saturated heterocycles. The van der Waals surface area contributed by atoms with Gasteiger partial charge in [-0.05, 0) is 55.7 Å². The van der Waals surface area contributed by atoms with E-state index in [2.05, 4.69) is 5.32 Å². The number of carbonyl (C=O) groups is 2.